The van der Waals surface area contributed by atoms with E-state index in [1.165, 1.54) is 26.5 Å². The van der Waals surface area contributed by atoms with E-state index in [1.807, 2.05) is 0 Å². The zero-order chi connectivity index (χ0) is 20.8. The predicted molar refractivity (Wildman–Crippen MR) is 108 cm³/mol. The van der Waals surface area contributed by atoms with Gasteiger partial charge in [-0.15, -0.1) is 0 Å². The summed E-state index contributed by atoms with van der Waals surface area (Å²) in [6, 6.07) is 2.15. The van der Waals surface area contributed by atoms with Crippen molar-refractivity contribution in [2.75, 3.05) is 31.5 Å². The van der Waals surface area contributed by atoms with Crippen LogP contribution in [0.2, 0.25) is 0 Å². The van der Waals surface area contributed by atoms with Crippen LogP contribution in [-0.2, 0) is 15.7 Å². The summed E-state index contributed by atoms with van der Waals surface area (Å²) in [5.74, 6) is -0.177. The summed E-state index contributed by atoms with van der Waals surface area (Å²) in [5.41, 5.74) is 0.279. The number of methoxy groups -OCH3 is 2. The maximum Gasteiger partial charge on any atom is 0.229 e. The normalized spacial score (nSPS) is 14.2. The van der Waals surface area contributed by atoms with Crippen molar-refractivity contribution in [1.82, 2.24) is 9.97 Å². The lowest BCUT2D eigenvalue weighted by Crippen LogP contribution is -2.36. The third-order valence-electron chi connectivity index (χ3n) is 3.68. The number of hydrogen-bond donors (Lipinski definition) is 4. The van der Waals surface area contributed by atoms with Crippen molar-refractivity contribution in [3.05, 3.63) is 28.6 Å². The van der Waals surface area contributed by atoms with Crippen LogP contribution in [0.3, 0.4) is 0 Å². The van der Waals surface area contributed by atoms with E-state index in [0.29, 0.717) is 10.3 Å². The Labute approximate surface area is 172 Å². The first-order chi connectivity index (χ1) is 13.3. The number of benzene rings is 1. The number of halogens is 2. The Morgan fingerprint density at radius 3 is 2.71 bits per heavy atom. The number of aliphatic hydroxyl groups excluding tert-OH is 1. The molecule has 0 aliphatic rings. The summed E-state index contributed by atoms with van der Waals surface area (Å²) in [6.45, 7) is 1.89. The first-order valence-electron chi connectivity index (χ1n) is 8.03. The molecule has 154 valence electrons. The van der Waals surface area contributed by atoms with Crippen LogP contribution in [0.5, 0.6) is 5.75 Å². The summed E-state index contributed by atoms with van der Waals surface area (Å²) in [5, 5.41) is 21.1. The van der Waals surface area contributed by atoms with Crippen LogP contribution in [-0.4, -0.2) is 52.3 Å². The zero-order valence-corrected chi connectivity index (χ0v) is 17.8. The van der Waals surface area contributed by atoms with Crippen LogP contribution in [0.4, 0.5) is 21.8 Å². The highest BCUT2D eigenvalue weighted by atomic mass is 79.9. The van der Waals surface area contributed by atoms with Crippen LogP contribution < -0.4 is 20.5 Å². The van der Waals surface area contributed by atoms with Gasteiger partial charge >= 0.3 is 0 Å². The Kier molecular flexibility index (Phi) is 8.07. The number of anilines is 3. The van der Waals surface area contributed by atoms with E-state index in [4.69, 9.17) is 14.6 Å². The molecule has 0 spiro atoms. The Morgan fingerprint density at radius 2 is 2.14 bits per heavy atom. The van der Waals surface area contributed by atoms with E-state index in [2.05, 4.69) is 36.5 Å². The molecule has 0 radical (unpaired) electrons. The number of nitrogens with zero attached hydrogens (tertiary/aromatic N) is 2. The fourth-order valence-electron chi connectivity index (χ4n) is 2.30. The predicted octanol–water partition coefficient (Wildman–Crippen LogP) is 1.92. The van der Waals surface area contributed by atoms with Gasteiger partial charge in [0.25, 0.3) is 0 Å². The number of aliphatic hydroxyl groups is 1. The number of hydrogen-bond acceptors (Lipinski definition) is 8. The minimum atomic E-state index is -2.04. The topological polar surface area (TPSA) is 132 Å². The fourth-order valence-corrected chi connectivity index (χ4v) is 3.20. The molecule has 0 amide bonds. The van der Waals surface area contributed by atoms with Crippen molar-refractivity contribution in [3.63, 3.8) is 0 Å². The highest BCUT2D eigenvalue weighted by molar-refractivity contribution is 9.10. The first kappa shape index (κ1) is 22.4. The van der Waals surface area contributed by atoms with Crippen molar-refractivity contribution in [1.29, 1.82) is 0 Å². The molecule has 0 fully saturated rings. The van der Waals surface area contributed by atoms with E-state index in [0.717, 1.165) is 6.07 Å². The van der Waals surface area contributed by atoms with Gasteiger partial charge in [0.05, 0.1) is 30.3 Å². The lowest BCUT2D eigenvalue weighted by atomic mass is 10.2. The Balaban J connectivity index is 2.30. The molecule has 1 heterocycles. The highest BCUT2D eigenvalue weighted by Crippen LogP contribution is 2.30. The minimum absolute atomic E-state index is 0.0352. The molecule has 28 heavy (non-hydrogen) atoms. The van der Waals surface area contributed by atoms with Crippen molar-refractivity contribution in [2.45, 2.75) is 24.0 Å². The third kappa shape index (κ3) is 5.58. The average Bonchev–Trinajstić information content (AvgIpc) is 2.62. The minimum Gasteiger partial charge on any atom is -0.495 e. The van der Waals surface area contributed by atoms with Gasteiger partial charge in [-0.2, -0.15) is 4.98 Å². The lowest BCUT2D eigenvalue weighted by Gasteiger charge is -2.22. The smallest absolute Gasteiger partial charge is 0.229 e. The molecule has 12 heteroatoms. The molecule has 0 aliphatic carbocycles. The van der Waals surface area contributed by atoms with E-state index in [9.17, 15) is 13.7 Å². The van der Waals surface area contributed by atoms with Gasteiger partial charge in [-0.05, 0) is 28.9 Å². The molecular formula is C16H21BrFN5O4S. The van der Waals surface area contributed by atoms with Crippen LogP contribution in [0.1, 0.15) is 6.92 Å². The number of nitrogens with one attached hydrogen (secondary N) is 2. The monoisotopic (exact) mass is 477 g/mol. The van der Waals surface area contributed by atoms with Crippen LogP contribution in [0, 0.1) is 5.82 Å². The van der Waals surface area contributed by atoms with Crippen molar-refractivity contribution in [2.24, 2.45) is 5.14 Å². The number of ether oxygens (including phenoxy) is 2. The number of rotatable bonds is 9. The second-order valence-electron chi connectivity index (χ2n) is 5.75. The summed E-state index contributed by atoms with van der Waals surface area (Å²) in [6.07, 6.45) is 0.807. The number of nitrogens with two attached hydrogens (primary N) is 1. The van der Waals surface area contributed by atoms with E-state index >= 15 is 0 Å². The molecule has 9 nitrogen and oxygen atoms in total. The quantitative estimate of drug-likeness (QED) is 0.430. The number of aromatic nitrogens is 2. The van der Waals surface area contributed by atoms with Gasteiger partial charge in [0, 0.05) is 25.1 Å². The second-order valence-corrected chi connectivity index (χ2v) is 7.61. The summed E-state index contributed by atoms with van der Waals surface area (Å²) in [7, 11) is 0.808. The molecule has 0 saturated heterocycles. The molecule has 1 aromatic heterocycles. The second kappa shape index (κ2) is 10.1. The van der Waals surface area contributed by atoms with Gasteiger partial charge in [0.15, 0.2) is 0 Å². The SMILES string of the molecule is COC[C@@H](Nc1nc(Nc2cc(F)c(S(N)=O)c(OC)c2)ncc1Br)[C@@H](C)O. The van der Waals surface area contributed by atoms with Gasteiger partial charge in [-0.1, -0.05) is 0 Å². The standard InChI is InChI=1S/C16H21BrFN5O4S/c1-8(24)12(7-26-2)22-15-10(17)6-20-16(23-15)21-9-4-11(18)14(28(19)25)13(5-9)27-3/h4-6,8,12,24H,7,19H2,1-3H3,(H2,20,21,22,23)/t8-,12-,28?/m1/s1. The van der Waals surface area contributed by atoms with E-state index < -0.39 is 28.9 Å². The summed E-state index contributed by atoms with van der Waals surface area (Å²) in [4.78, 5) is 8.21. The van der Waals surface area contributed by atoms with Gasteiger partial charge in [0.1, 0.15) is 33.3 Å². The van der Waals surface area contributed by atoms with Crippen LogP contribution >= 0.6 is 15.9 Å². The molecule has 1 aromatic carbocycles. The van der Waals surface area contributed by atoms with Crippen LogP contribution in [0.15, 0.2) is 27.7 Å². The highest BCUT2D eigenvalue weighted by Gasteiger charge is 2.19. The van der Waals surface area contributed by atoms with Gasteiger partial charge in [-0.3, -0.25) is 0 Å². The third-order valence-corrected chi connectivity index (χ3v) is 5.06. The molecular weight excluding hydrogens is 457 g/mol. The maximum atomic E-state index is 14.2. The molecule has 2 aromatic rings. The molecule has 5 N–H and O–H groups in total. The molecule has 1 unspecified atom stereocenters. The van der Waals surface area contributed by atoms with E-state index in [-0.39, 0.29) is 28.9 Å². The van der Waals surface area contributed by atoms with Crippen molar-refractivity contribution in [3.8, 4) is 5.75 Å². The fraction of sp³-hybridized carbons (Fsp3) is 0.375. The molecule has 3 atom stereocenters. The van der Waals surface area contributed by atoms with Crippen molar-refractivity contribution >= 4 is 44.4 Å². The molecule has 0 saturated carbocycles. The van der Waals surface area contributed by atoms with Crippen molar-refractivity contribution < 1.29 is 23.2 Å². The lowest BCUT2D eigenvalue weighted by molar-refractivity contribution is 0.106. The van der Waals surface area contributed by atoms with E-state index in [1.54, 1.807) is 6.92 Å². The zero-order valence-electron chi connectivity index (χ0n) is 15.4. The first-order valence-corrected chi connectivity index (χ1v) is 10.0. The largest absolute Gasteiger partial charge is 0.495 e. The molecule has 0 bridgehead atoms. The van der Waals surface area contributed by atoms with Gasteiger partial charge in [0.2, 0.25) is 5.95 Å². The van der Waals surface area contributed by atoms with Gasteiger partial charge < -0.3 is 25.2 Å². The Bertz CT molecular complexity index is 858. The molecule has 2 rings (SSSR count). The van der Waals surface area contributed by atoms with Crippen LogP contribution in [0.25, 0.3) is 0 Å². The van der Waals surface area contributed by atoms with Gasteiger partial charge in [-0.25, -0.2) is 18.7 Å². The Hall–Kier alpha value is -1.86. The maximum absolute atomic E-state index is 14.2. The Morgan fingerprint density at radius 1 is 1.43 bits per heavy atom. The summed E-state index contributed by atoms with van der Waals surface area (Å²) >= 11 is 3.34. The molecule has 0 aliphatic heterocycles. The summed E-state index contributed by atoms with van der Waals surface area (Å²) < 4.78 is 36.4. The average molecular weight is 478 g/mol.